The van der Waals surface area contributed by atoms with Gasteiger partial charge in [0.05, 0.1) is 25.1 Å². The summed E-state index contributed by atoms with van der Waals surface area (Å²) in [6, 6.07) is 0.779. The smallest absolute Gasteiger partial charge is 0.105 e. The highest BCUT2D eigenvalue weighted by Crippen LogP contribution is 2.34. The summed E-state index contributed by atoms with van der Waals surface area (Å²) in [6.45, 7) is 6.33. The lowest BCUT2D eigenvalue weighted by atomic mass is 9.81. The molecule has 3 aliphatic rings. The monoisotopic (exact) mass is 342 g/mol. The van der Waals surface area contributed by atoms with Crippen LogP contribution in [0, 0.1) is 11.8 Å². The first kappa shape index (κ1) is 18.0. The Labute approximate surface area is 146 Å². The molecule has 0 aromatic heterocycles. The second-order valence-corrected chi connectivity index (χ2v) is 8.81. The molecule has 2 heterocycles. The van der Waals surface area contributed by atoms with Gasteiger partial charge in [-0.2, -0.15) is 11.8 Å². The van der Waals surface area contributed by atoms with Gasteiger partial charge in [-0.15, -0.1) is 0 Å². The fraction of sp³-hybridized carbons (Fsp3) is 1.00. The van der Waals surface area contributed by atoms with Crippen LogP contribution in [0.5, 0.6) is 0 Å². The summed E-state index contributed by atoms with van der Waals surface area (Å²) in [5, 5.41) is 0.803. The van der Waals surface area contributed by atoms with Gasteiger partial charge in [0.15, 0.2) is 0 Å². The molecule has 3 rings (SSSR count). The third-order valence-corrected chi connectivity index (χ3v) is 7.47. The largest absolute Gasteiger partial charge is 0.381 e. The minimum Gasteiger partial charge on any atom is -0.381 e. The maximum Gasteiger partial charge on any atom is 0.105 e. The van der Waals surface area contributed by atoms with E-state index < -0.39 is 0 Å². The number of quaternary nitrogens is 1. The van der Waals surface area contributed by atoms with E-state index in [1.165, 1.54) is 64.5 Å². The van der Waals surface area contributed by atoms with Crippen molar-refractivity contribution >= 4 is 11.8 Å². The molecule has 0 radical (unpaired) electrons. The van der Waals surface area contributed by atoms with E-state index >= 15 is 0 Å². The van der Waals surface area contributed by atoms with Gasteiger partial charge < -0.3 is 14.4 Å². The molecule has 3 nitrogen and oxygen atoms in total. The number of rotatable bonds is 2. The van der Waals surface area contributed by atoms with Gasteiger partial charge in [0.25, 0.3) is 0 Å². The highest BCUT2D eigenvalue weighted by molar-refractivity contribution is 7.99. The van der Waals surface area contributed by atoms with Crippen molar-refractivity contribution in [2.24, 2.45) is 11.8 Å². The molecule has 0 amide bonds. The molecular formula is C19H36NO2S+. The van der Waals surface area contributed by atoms with Crippen LogP contribution in [-0.2, 0) is 9.47 Å². The first-order chi connectivity index (χ1) is 11.4. The van der Waals surface area contributed by atoms with E-state index in [-0.39, 0.29) is 0 Å². The van der Waals surface area contributed by atoms with E-state index in [2.05, 4.69) is 18.0 Å². The summed E-state index contributed by atoms with van der Waals surface area (Å²) in [5.74, 6) is 1.59. The van der Waals surface area contributed by atoms with Crippen molar-refractivity contribution in [2.45, 2.75) is 62.7 Å². The highest BCUT2D eigenvalue weighted by Gasteiger charge is 2.44. The molecule has 1 saturated carbocycles. The van der Waals surface area contributed by atoms with Crippen molar-refractivity contribution in [1.29, 1.82) is 0 Å². The lowest BCUT2D eigenvalue weighted by Crippen LogP contribution is -3.19. The molecule has 0 spiro atoms. The van der Waals surface area contributed by atoms with E-state index in [0.29, 0.717) is 0 Å². The van der Waals surface area contributed by atoms with Crippen LogP contribution in [0.25, 0.3) is 0 Å². The quantitative estimate of drug-likeness (QED) is 0.833. The number of thioether (sulfide) groups is 1. The minimum absolute atomic E-state index is 0.778. The van der Waals surface area contributed by atoms with Crippen LogP contribution in [0.1, 0.15) is 51.4 Å². The molecule has 4 atom stereocenters. The summed E-state index contributed by atoms with van der Waals surface area (Å²) >= 11 is 2.13. The molecule has 0 unspecified atom stereocenters. The molecular weight excluding hydrogens is 306 g/mol. The normalized spacial score (nSPS) is 38.5. The van der Waals surface area contributed by atoms with E-state index in [4.69, 9.17) is 9.47 Å². The molecule has 0 aromatic carbocycles. The Kier molecular flexibility index (Phi) is 7.56. The van der Waals surface area contributed by atoms with Crippen molar-refractivity contribution in [2.75, 3.05) is 45.8 Å². The minimum atomic E-state index is 0.778. The van der Waals surface area contributed by atoms with Gasteiger partial charge in [-0.25, -0.2) is 0 Å². The first-order valence-corrected chi connectivity index (χ1v) is 11.2. The number of ether oxygens (including phenoxy) is 2. The van der Waals surface area contributed by atoms with Crippen LogP contribution >= 0.6 is 11.8 Å². The molecule has 3 fully saturated rings. The molecule has 134 valence electrons. The van der Waals surface area contributed by atoms with E-state index in [1.807, 2.05) is 4.90 Å². The number of hydrogen-bond acceptors (Lipinski definition) is 3. The standard InChI is InChI=1S/C19H35NO2S/c1-23-18-9-7-5-3-2-4-6-8-16-14-22-15-17(16)19(18)20-10-12-21-13-11-20/h16-19H,2-15H2,1H3/p+1/t16-,17+,18+,19+/m1/s1. The molecule has 2 aliphatic heterocycles. The Balaban J connectivity index is 1.76. The van der Waals surface area contributed by atoms with Crippen LogP contribution in [-0.4, -0.2) is 57.1 Å². The maximum atomic E-state index is 6.01. The fourth-order valence-electron chi connectivity index (χ4n) is 5.02. The number of morpholine rings is 1. The molecule has 0 bridgehead atoms. The second-order valence-electron chi connectivity index (χ2n) is 7.73. The Bertz CT molecular complexity index is 335. The predicted molar refractivity (Wildman–Crippen MR) is 97.3 cm³/mol. The second kappa shape index (κ2) is 9.65. The molecule has 1 N–H and O–H groups in total. The van der Waals surface area contributed by atoms with Gasteiger partial charge in [-0.05, 0) is 25.0 Å². The number of fused-ring (bicyclic) bond motifs is 1. The number of hydrogen-bond donors (Lipinski definition) is 1. The topological polar surface area (TPSA) is 22.9 Å². The zero-order valence-electron chi connectivity index (χ0n) is 14.9. The van der Waals surface area contributed by atoms with Crippen molar-refractivity contribution in [3.8, 4) is 0 Å². The summed E-state index contributed by atoms with van der Waals surface area (Å²) < 4.78 is 11.7. The summed E-state index contributed by atoms with van der Waals surface area (Å²) in [4.78, 5) is 1.81. The van der Waals surface area contributed by atoms with Crippen molar-refractivity contribution < 1.29 is 14.4 Å². The third kappa shape index (κ3) is 4.87. The average molecular weight is 343 g/mol. The van der Waals surface area contributed by atoms with Gasteiger partial charge in [-0.3, -0.25) is 0 Å². The van der Waals surface area contributed by atoms with Crippen LogP contribution in [0.15, 0.2) is 0 Å². The Morgan fingerprint density at radius 1 is 0.826 bits per heavy atom. The van der Waals surface area contributed by atoms with Crippen LogP contribution < -0.4 is 4.90 Å². The van der Waals surface area contributed by atoms with E-state index in [0.717, 1.165) is 49.6 Å². The average Bonchev–Trinajstić information content (AvgIpc) is 3.03. The van der Waals surface area contributed by atoms with Crippen LogP contribution in [0.3, 0.4) is 0 Å². The zero-order chi connectivity index (χ0) is 15.9. The Hall–Kier alpha value is 0.230. The lowest BCUT2D eigenvalue weighted by molar-refractivity contribution is -0.936. The van der Waals surface area contributed by atoms with Crippen molar-refractivity contribution in [1.82, 2.24) is 0 Å². The molecule has 4 heteroatoms. The summed E-state index contributed by atoms with van der Waals surface area (Å²) in [5.41, 5.74) is 0. The van der Waals surface area contributed by atoms with Crippen molar-refractivity contribution in [3.05, 3.63) is 0 Å². The predicted octanol–water partition coefficient (Wildman–Crippen LogP) is 2.40. The van der Waals surface area contributed by atoms with Crippen LogP contribution in [0.2, 0.25) is 0 Å². The maximum absolute atomic E-state index is 6.01. The summed E-state index contributed by atoms with van der Waals surface area (Å²) in [6.07, 6.45) is 13.7. The third-order valence-electron chi connectivity index (χ3n) is 6.33. The molecule has 1 aliphatic carbocycles. The van der Waals surface area contributed by atoms with E-state index in [9.17, 15) is 0 Å². The van der Waals surface area contributed by atoms with Gasteiger partial charge in [0.1, 0.15) is 19.1 Å². The van der Waals surface area contributed by atoms with Gasteiger partial charge in [0, 0.05) is 12.5 Å². The Morgan fingerprint density at radius 2 is 1.52 bits per heavy atom. The lowest BCUT2D eigenvalue weighted by Gasteiger charge is -2.40. The van der Waals surface area contributed by atoms with Crippen LogP contribution in [0.4, 0.5) is 0 Å². The first-order valence-electron chi connectivity index (χ1n) is 9.93. The van der Waals surface area contributed by atoms with Gasteiger partial charge in [-0.1, -0.05) is 38.5 Å². The SMILES string of the molecule is CS[C@H]1CCCCCCCC[C@@H]2COC[C@@H]2[C@@H]1[NH+]1CCOCC1. The van der Waals surface area contributed by atoms with Gasteiger partial charge in [0.2, 0.25) is 0 Å². The summed E-state index contributed by atoms with van der Waals surface area (Å²) in [7, 11) is 0. The Morgan fingerprint density at radius 3 is 2.26 bits per heavy atom. The fourth-order valence-corrected chi connectivity index (χ4v) is 6.11. The van der Waals surface area contributed by atoms with E-state index in [1.54, 1.807) is 0 Å². The zero-order valence-corrected chi connectivity index (χ0v) is 15.8. The number of nitrogens with one attached hydrogen (secondary N) is 1. The van der Waals surface area contributed by atoms with Gasteiger partial charge >= 0.3 is 0 Å². The molecule has 23 heavy (non-hydrogen) atoms. The molecule has 0 aromatic rings. The highest BCUT2D eigenvalue weighted by atomic mass is 32.2. The molecule has 2 saturated heterocycles. The van der Waals surface area contributed by atoms with Crippen molar-refractivity contribution in [3.63, 3.8) is 0 Å².